The SMILES string of the molecule is CCCCCCC1SSC(CCCCCC)S1. The lowest BCUT2D eigenvalue weighted by molar-refractivity contribution is 0.648. The summed E-state index contributed by atoms with van der Waals surface area (Å²) in [6, 6.07) is 0. The molecule has 1 heterocycles. The van der Waals surface area contributed by atoms with E-state index in [4.69, 9.17) is 0 Å². The minimum Gasteiger partial charge on any atom is -0.131 e. The zero-order valence-corrected chi connectivity index (χ0v) is 13.9. The van der Waals surface area contributed by atoms with Gasteiger partial charge in [-0.05, 0) is 12.8 Å². The van der Waals surface area contributed by atoms with Crippen LogP contribution in [0.1, 0.15) is 78.1 Å². The maximum absolute atomic E-state index is 2.29. The predicted molar refractivity (Wildman–Crippen MR) is 87.9 cm³/mol. The van der Waals surface area contributed by atoms with E-state index >= 15 is 0 Å². The van der Waals surface area contributed by atoms with E-state index in [-0.39, 0.29) is 0 Å². The van der Waals surface area contributed by atoms with Crippen LogP contribution in [-0.4, -0.2) is 9.16 Å². The van der Waals surface area contributed by atoms with Gasteiger partial charge in [0.25, 0.3) is 0 Å². The van der Waals surface area contributed by atoms with Crippen LogP contribution in [0.15, 0.2) is 0 Å². The van der Waals surface area contributed by atoms with Crippen LogP contribution in [0.25, 0.3) is 0 Å². The highest BCUT2D eigenvalue weighted by Gasteiger charge is 2.25. The second kappa shape index (κ2) is 10.9. The molecule has 1 saturated heterocycles. The molecule has 0 amide bonds. The molecular weight excluding hydrogens is 264 g/mol. The summed E-state index contributed by atoms with van der Waals surface area (Å²) in [5.41, 5.74) is 0. The standard InChI is InChI=1S/C14H28S3/c1-3-5-7-9-11-13-15-14(17-16-13)12-10-8-6-4-2/h13-14H,3-12H2,1-2H3. The lowest BCUT2D eigenvalue weighted by atomic mass is 10.2. The van der Waals surface area contributed by atoms with E-state index in [9.17, 15) is 0 Å². The second-order valence-electron chi connectivity index (χ2n) is 4.89. The fourth-order valence-electron chi connectivity index (χ4n) is 2.05. The Morgan fingerprint density at radius 1 is 0.647 bits per heavy atom. The van der Waals surface area contributed by atoms with Crippen LogP contribution >= 0.6 is 33.3 Å². The Morgan fingerprint density at radius 2 is 1.12 bits per heavy atom. The molecule has 1 aliphatic rings. The largest absolute Gasteiger partial charge is 0.131 e. The van der Waals surface area contributed by atoms with Crippen molar-refractivity contribution < 1.29 is 0 Å². The molecule has 0 aromatic heterocycles. The van der Waals surface area contributed by atoms with Crippen LogP contribution in [0.3, 0.4) is 0 Å². The van der Waals surface area contributed by atoms with Gasteiger partial charge in [0.15, 0.2) is 0 Å². The molecule has 0 aromatic rings. The highest BCUT2D eigenvalue weighted by Crippen LogP contribution is 2.54. The lowest BCUT2D eigenvalue weighted by Crippen LogP contribution is -1.96. The number of hydrogen-bond donors (Lipinski definition) is 0. The molecule has 0 radical (unpaired) electrons. The second-order valence-corrected chi connectivity index (χ2v) is 9.57. The smallest absolute Gasteiger partial charge is 0.0617 e. The molecule has 0 aromatic carbocycles. The first kappa shape index (κ1) is 16.1. The van der Waals surface area contributed by atoms with Crippen LogP contribution < -0.4 is 0 Å². The van der Waals surface area contributed by atoms with Gasteiger partial charge in [-0.2, -0.15) is 0 Å². The number of hydrogen-bond acceptors (Lipinski definition) is 3. The number of thioether (sulfide) groups is 1. The topological polar surface area (TPSA) is 0 Å². The molecule has 0 N–H and O–H groups in total. The van der Waals surface area contributed by atoms with Crippen molar-refractivity contribution in [2.24, 2.45) is 0 Å². The third-order valence-electron chi connectivity index (χ3n) is 3.16. The Balaban J connectivity index is 1.95. The highest BCUT2D eigenvalue weighted by atomic mass is 33.1. The monoisotopic (exact) mass is 292 g/mol. The summed E-state index contributed by atoms with van der Waals surface area (Å²) in [5, 5.41) is 0. The number of unbranched alkanes of at least 4 members (excludes halogenated alkanes) is 6. The van der Waals surface area contributed by atoms with E-state index in [1.807, 2.05) is 0 Å². The minimum absolute atomic E-state index is 0.896. The fraction of sp³-hybridized carbons (Fsp3) is 1.00. The first-order valence-corrected chi connectivity index (χ1v) is 10.6. The Morgan fingerprint density at radius 3 is 1.53 bits per heavy atom. The molecular formula is C14H28S3. The van der Waals surface area contributed by atoms with Gasteiger partial charge >= 0.3 is 0 Å². The van der Waals surface area contributed by atoms with Crippen molar-refractivity contribution in [1.29, 1.82) is 0 Å². The molecule has 2 unspecified atom stereocenters. The average molecular weight is 293 g/mol. The average Bonchev–Trinajstić information content (AvgIpc) is 2.78. The molecule has 0 nitrogen and oxygen atoms in total. The summed E-state index contributed by atoms with van der Waals surface area (Å²) < 4.78 is 1.79. The molecule has 0 spiro atoms. The summed E-state index contributed by atoms with van der Waals surface area (Å²) in [7, 11) is 4.30. The maximum Gasteiger partial charge on any atom is 0.0617 e. The van der Waals surface area contributed by atoms with Crippen molar-refractivity contribution in [3.8, 4) is 0 Å². The van der Waals surface area contributed by atoms with Gasteiger partial charge in [-0.15, -0.1) is 11.8 Å². The molecule has 1 fully saturated rings. The van der Waals surface area contributed by atoms with Crippen LogP contribution in [0.4, 0.5) is 0 Å². The van der Waals surface area contributed by atoms with Crippen molar-refractivity contribution in [3.05, 3.63) is 0 Å². The van der Waals surface area contributed by atoms with Crippen LogP contribution in [-0.2, 0) is 0 Å². The molecule has 3 heteroatoms. The van der Waals surface area contributed by atoms with Gasteiger partial charge in [-0.25, -0.2) is 0 Å². The van der Waals surface area contributed by atoms with E-state index in [1.54, 1.807) is 0 Å². The van der Waals surface area contributed by atoms with Crippen molar-refractivity contribution in [2.45, 2.75) is 87.2 Å². The Hall–Kier alpha value is 1.05. The van der Waals surface area contributed by atoms with Gasteiger partial charge in [0.05, 0.1) is 9.16 Å². The Bertz CT molecular complexity index is 155. The third-order valence-corrected chi connectivity index (χ3v) is 8.95. The molecule has 0 aliphatic carbocycles. The summed E-state index contributed by atoms with van der Waals surface area (Å²) >= 11 is 2.25. The molecule has 1 aliphatic heterocycles. The third kappa shape index (κ3) is 7.94. The molecule has 102 valence electrons. The van der Waals surface area contributed by atoms with Gasteiger partial charge < -0.3 is 0 Å². The zero-order valence-electron chi connectivity index (χ0n) is 11.5. The van der Waals surface area contributed by atoms with Gasteiger partial charge in [0.2, 0.25) is 0 Å². The van der Waals surface area contributed by atoms with Crippen LogP contribution in [0.2, 0.25) is 0 Å². The first-order chi connectivity index (χ1) is 8.36. The molecule has 0 bridgehead atoms. The lowest BCUT2D eigenvalue weighted by Gasteiger charge is -2.08. The van der Waals surface area contributed by atoms with E-state index in [1.165, 1.54) is 64.2 Å². The van der Waals surface area contributed by atoms with Crippen molar-refractivity contribution in [2.75, 3.05) is 0 Å². The minimum atomic E-state index is 0.896. The van der Waals surface area contributed by atoms with Gasteiger partial charge in [-0.3, -0.25) is 0 Å². The Labute approximate surface area is 120 Å². The van der Waals surface area contributed by atoms with E-state index in [0.29, 0.717) is 0 Å². The molecule has 17 heavy (non-hydrogen) atoms. The summed E-state index contributed by atoms with van der Waals surface area (Å²) in [5.74, 6) is 0. The van der Waals surface area contributed by atoms with Gasteiger partial charge in [0, 0.05) is 0 Å². The molecule has 0 saturated carbocycles. The van der Waals surface area contributed by atoms with E-state index in [0.717, 1.165) is 9.16 Å². The van der Waals surface area contributed by atoms with Crippen LogP contribution in [0, 0.1) is 0 Å². The summed E-state index contributed by atoms with van der Waals surface area (Å²) in [6.07, 6.45) is 14.2. The normalized spacial score (nSPS) is 24.4. The van der Waals surface area contributed by atoms with E-state index in [2.05, 4.69) is 47.2 Å². The van der Waals surface area contributed by atoms with Crippen LogP contribution in [0.5, 0.6) is 0 Å². The first-order valence-electron chi connectivity index (χ1n) is 7.34. The molecule has 1 rings (SSSR count). The van der Waals surface area contributed by atoms with Crippen molar-refractivity contribution >= 4 is 33.3 Å². The summed E-state index contributed by atoms with van der Waals surface area (Å²) in [6.45, 7) is 4.59. The highest BCUT2D eigenvalue weighted by molar-refractivity contribution is 8.82. The van der Waals surface area contributed by atoms with Gasteiger partial charge in [-0.1, -0.05) is 86.8 Å². The van der Waals surface area contributed by atoms with Gasteiger partial charge in [0.1, 0.15) is 0 Å². The molecule has 2 atom stereocenters. The van der Waals surface area contributed by atoms with Crippen molar-refractivity contribution in [1.82, 2.24) is 0 Å². The number of rotatable bonds is 10. The fourth-order valence-corrected chi connectivity index (χ4v) is 8.10. The van der Waals surface area contributed by atoms with Crippen molar-refractivity contribution in [3.63, 3.8) is 0 Å². The predicted octanol–water partition coefficient (Wildman–Crippen LogP) is 6.71. The zero-order chi connectivity index (χ0) is 12.3. The summed E-state index contributed by atoms with van der Waals surface area (Å²) in [4.78, 5) is 0. The van der Waals surface area contributed by atoms with E-state index < -0.39 is 0 Å². The quantitative estimate of drug-likeness (QED) is 0.324. The maximum atomic E-state index is 2.29. The Kier molecular flexibility index (Phi) is 10.4.